The van der Waals surface area contributed by atoms with Crippen LogP contribution in [0.5, 0.6) is 23.0 Å². The van der Waals surface area contributed by atoms with Crippen molar-refractivity contribution in [2.75, 3.05) is 52.7 Å². The number of H-pyrrole nitrogens is 2. The molecular formula is C27H31ClN4O5. The summed E-state index contributed by atoms with van der Waals surface area (Å²) in [5.74, 6) is 1.52. The summed E-state index contributed by atoms with van der Waals surface area (Å²) < 4.78 is 16.5. The van der Waals surface area contributed by atoms with Gasteiger partial charge < -0.3 is 39.1 Å². The maximum Gasteiger partial charge on any atom is 0.274 e. The van der Waals surface area contributed by atoms with Gasteiger partial charge in [0.05, 0.1) is 38.1 Å². The second-order valence-corrected chi connectivity index (χ2v) is 9.91. The number of aryl methyl sites for hydroxylation is 1. The zero-order valence-corrected chi connectivity index (χ0v) is 22.5. The maximum absolute atomic E-state index is 13.9. The lowest BCUT2D eigenvalue weighted by molar-refractivity contribution is 0.0984. The van der Waals surface area contributed by atoms with E-state index < -0.39 is 0 Å². The number of nitrogens with one attached hydrogen (secondary N) is 2. The molecule has 0 bridgehead atoms. The number of halogens is 1. The summed E-state index contributed by atoms with van der Waals surface area (Å²) in [5.41, 5.74) is 5.40. The number of alkyl halides is 1. The molecule has 1 unspecified atom stereocenters. The van der Waals surface area contributed by atoms with Crippen molar-refractivity contribution >= 4 is 45.0 Å². The van der Waals surface area contributed by atoms with Gasteiger partial charge in [0.25, 0.3) is 5.91 Å². The van der Waals surface area contributed by atoms with E-state index in [1.54, 1.807) is 37.3 Å². The van der Waals surface area contributed by atoms with Crippen LogP contribution in [-0.2, 0) is 6.54 Å². The molecule has 5 rings (SSSR count). The molecule has 4 aromatic rings. The third-order valence-electron chi connectivity index (χ3n) is 7.05. The number of methoxy groups -OCH3 is 3. The summed E-state index contributed by atoms with van der Waals surface area (Å²) in [6.07, 6.45) is 0. The minimum atomic E-state index is -0.231. The van der Waals surface area contributed by atoms with Crippen molar-refractivity contribution in [3.63, 3.8) is 0 Å². The number of aromatic hydroxyl groups is 1. The second-order valence-electron chi connectivity index (χ2n) is 9.60. The summed E-state index contributed by atoms with van der Waals surface area (Å²) >= 11 is 6.45. The van der Waals surface area contributed by atoms with E-state index in [0.717, 1.165) is 27.6 Å². The van der Waals surface area contributed by atoms with Crippen molar-refractivity contribution in [2.24, 2.45) is 0 Å². The highest BCUT2D eigenvalue weighted by atomic mass is 35.5. The highest BCUT2D eigenvalue weighted by Gasteiger charge is 2.37. The van der Waals surface area contributed by atoms with Gasteiger partial charge >= 0.3 is 0 Å². The van der Waals surface area contributed by atoms with Crippen molar-refractivity contribution in [3.05, 3.63) is 40.7 Å². The Kier molecular flexibility index (Phi) is 6.37. The highest BCUT2D eigenvalue weighted by Crippen LogP contribution is 2.48. The van der Waals surface area contributed by atoms with Gasteiger partial charge in [-0.3, -0.25) is 4.79 Å². The van der Waals surface area contributed by atoms with Gasteiger partial charge in [-0.25, -0.2) is 0 Å². The average molecular weight is 527 g/mol. The van der Waals surface area contributed by atoms with Crippen LogP contribution < -0.4 is 19.1 Å². The van der Waals surface area contributed by atoms with Crippen LogP contribution >= 0.6 is 11.6 Å². The SMILES string of the molecule is COc1cc2cc(C(=O)N3CC(CCl)c4c3cc(O)c3[nH]c(C)c(CN(C)C)c43)[nH]c2c(OC)c1OC. The molecule has 0 radical (unpaired) electrons. The van der Waals surface area contributed by atoms with Gasteiger partial charge in [0.1, 0.15) is 11.4 Å². The molecule has 1 atom stereocenters. The van der Waals surface area contributed by atoms with Crippen LogP contribution in [0.15, 0.2) is 18.2 Å². The van der Waals surface area contributed by atoms with Crippen molar-refractivity contribution < 1.29 is 24.1 Å². The Hall–Kier alpha value is -3.56. The van der Waals surface area contributed by atoms with Crippen LogP contribution in [0.25, 0.3) is 21.8 Å². The minimum Gasteiger partial charge on any atom is -0.506 e. The molecule has 1 amide bonds. The first-order chi connectivity index (χ1) is 17.7. The van der Waals surface area contributed by atoms with E-state index >= 15 is 0 Å². The Bertz CT molecular complexity index is 1520. The highest BCUT2D eigenvalue weighted by molar-refractivity contribution is 6.19. The first kappa shape index (κ1) is 25.1. The minimum absolute atomic E-state index is 0.0843. The summed E-state index contributed by atoms with van der Waals surface area (Å²) in [7, 11) is 8.64. The van der Waals surface area contributed by atoms with Gasteiger partial charge in [-0.2, -0.15) is 0 Å². The molecule has 1 aliphatic heterocycles. The fraction of sp³-hybridized carbons (Fsp3) is 0.370. The van der Waals surface area contributed by atoms with Crippen molar-refractivity contribution in [1.82, 2.24) is 14.9 Å². The molecule has 2 aromatic heterocycles. The van der Waals surface area contributed by atoms with Crippen LogP contribution in [0.1, 0.15) is 33.2 Å². The number of fused-ring (bicyclic) bond motifs is 4. The molecule has 0 fully saturated rings. The molecule has 0 saturated carbocycles. The van der Waals surface area contributed by atoms with E-state index in [0.29, 0.717) is 58.6 Å². The molecule has 0 spiro atoms. The predicted molar refractivity (Wildman–Crippen MR) is 145 cm³/mol. The molecular weight excluding hydrogens is 496 g/mol. The molecule has 3 heterocycles. The number of rotatable bonds is 7. The smallest absolute Gasteiger partial charge is 0.274 e. The van der Waals surface area contributed by atoms with E-state index in [2.05, 4.69) is 14.9 Å². The largest absolute Gasteiger partial charge is 0.506 e. The van der Waals surface area contributed by atoms with E-state index in [-0.39, 0.29) is 17.6 Å². The Balaban J connectivity index is 1.66. The zero-order chi connectivity index (χ0) is 26.6. The van der Waals surface area contributed by atoms with Gasteiger partial charge in [-0.15, -0.1) is 11.6 Å². The van der Waals surface area contributed by atoms with E-state index in [4.69, 9.17) is 25.8 Å². The molecule has 196 valence electrons. The van der Waals surface area contributed by atoms with Crippen LogP contribution in [0.4, 0.5) is 5.69 Å². The van der Waals surface area contributed by atoms with Crippen LogP contribution in [0.2, 0.25) is 0 Å². The molecule has 37 heavy (non-hydrogen) atoms. The van der Waals surface area contributed by atoms with Gasteiger partial charge in [0.15, 0.2) is 11.5 Å². The number of anilines is 1. The first-order valence-corrected chi connectivity index (χ1v) is 12.5. The summed E-state index contributed by atoms with van der Waals surface area (Å²) in [6.45, 7) is 3.09. The topological polar surface area (TPSA) is 103 Å². The molecule has 0 saturated heterocycles. The number of aromatic nitrogens is 2. The standard InChI is InChI=1S/C27H31ClN4O5/c1-13-16(12-31(2)3)22-21-15(10-28)11-32(18(21)9-19(33)24(22)29-13)27(34)17-7-14-8-20(35-4)25(36-5)26(37-6)23(14)30-17/h7-9,15,29-30,33H,10-12H2,1-6H3. The molecule has 9 nitrogen and oxygen atoms in total. The van der Waals surface area contributed by atoms with Crippen molar-refractivity contribution in [3.8, 4) is 23.0 Å². The van der Waals surface area contributed by atoms with E-state index in [9.17, 15) is 9.90 Å². The lowest BCUT2D eigenvalue weighted by Crippen LogP contribution is -2.30. The number of carbonyl (C=O) groups excluding carboxylic acids is 1. The van der Waals surface area contributed by atoms with E-state index in [1.807, 2.05) is 21.0 Å². The lowest BCUT2D eigenvalue weighted by atomic mass is 9.95. The van der Waals surface area contributed by atoms with Crippen molar-refractivity contribution in [1.29, 1.82) is 0 Å². The monoisotopic (exact) mass is 526 g/mol. The molecule has 10 heteroatoms. The number of carbonyl (C=O) groups is 1. The predicted octanol–water partition coefficient (Wildman–Crippen LogP) is 4.73. The normalized spacial score (nSPS) is 15.1. The molecule has 2 aromatic carbocycles. The molecule has 0 aliphatic carbocycles. The Morgan fingerprint density at radius 2 is 1.84 bits per heavy atom. The van der Waals surface area contributed by atoms with Gasteiger partial charge in [-0.1, -0.05) is 0 Å². The number of phenolic OH excluding ortho intramolecular Hbond substituents is 1. The quantitative estimate of drug-likeness (QED) is 0.301. The first-order valence-electron chi connectivity index (χ1n) is 11.9. The third-order valence-corrected chi connectivity index (χ3v) is 7.42. The second kappa shape index (κ2) is 9.39. The fourth-order valence-corrected chi connectivity index (χ4v) is 5.70. The Labute approximate surface area is 219 Å². The Morgan fingerprint density at radius 1 is 1.11 bits per heavy atom. The number of ether oxygens (including phenoxy) is 3. The Morgan fingerprint density at radius 3 is 2.46 bits per heavy atom. The van der Waals surface area contributed by atoms with Gasteiger partial charge in [0, 0.05) is 47.4 Å². The number of phenols is 1. The van der Waals surface area contributed by atoms with Gasteiger partial charge in [-0.05, 0) is 44.3 Å². The average Bonchev–Trinajstić information content (AvgIpc) is 3.55. The molecule has 1 aliphatic rings. The number of hydrogen-bond donors (Lipinski definition) is 3. The zero-order valence-electron chi connectivity index (χ0n) is 21.8. The third kappa shape index (κ3) is 3.84. The number of nitrogens with zero attached hydrogens (tertiary/aromatic N) is 2. The van der Waals surface area contributed by atoms with Crippen LogP contribution in [0.3, 0.4) is 0 Å². The van der Waals surface area contributed by atoms with Crippen LogP contribution in [0, 0.1) is 6.92 Å². The van der Waals surface area contributed by atoms with Crippen molar-refractivity contribution in [2.45, 2.75) is 19.4 Å². The van der Waals surface area contributed by atoms with E-state index in [1.165, 1.54) is 7.11 Å². The number of amides is 1. The maximum atomic E-state index is 13.9. The lowest BCUT2D eigenvalue weighted by Gasteiger charge is -2.17. The summed E-state index contributed by atoms with van der Waals surface area (Å²) in [5, 5.41) is 12.7. The molecule has 3 N–H and O–H groups in total. The summed E-state index contributed by atoms with van der Waals surface area (Å²) in [4.78, 5) is 24.2. The summed E-state index contributed by atoms with van der Waals surface area (Å²) in [6, 6.07) is 5.23. The number of benzene rings is 2. The fourth-order valence-electron chi connectivity index (χ4n) is 5.44. The number of hydrogen-bond acceptors (Lipinski definition) is 6. The van der Waals surface area contributed by atoms with Crippen LogP contribution in [-0.4, -0.2) is 73.7 Å². The van der Waals surface area contributed by atoms with Gasteiger partial charge in [0.2, 0.25) is 5.75 Å². The number of aromatic amines is 2.